The van der Waals surface area contributed by atoms with Gasteiger partial charge in [-0.25, -0.2) is 8.42 Å². The van der Waals surface area contributed by atoms with Crippen molar-refractivity contribution in [3.8, 4) is 0 Å². The summed E-state index contributed by atoms with van der Waals surface area (Å²) in [6.07, 6.45) is 0.313. The van der Waals surface area contributed by atoms with Crippen molar-refractivity contribution in [2.45, 2.75) is 31.2 Å². The number of sulfonamides is 1. The maximum Gasteiger partial charge on any atom is 0.243 e. The molecule has 0 atom stereocenters. The molecule has 124 valence electrons. The van der Waals surface area contributed by atoms with E-state index < -0.39 is 10.0 Å². The van der Waals surface area contributed by atoms with E-state index in [4.69, 9.17) is 0 Å². The molecule has 1 amide bonds. The second kappa shape index (κ2) is 7.25. The standard InChI is InChI=1S/C16H20N2O3S2/c1-12(2)18(3)23(20,21)15-8-6-13(7-9-15)17-16(19)11-14-5-4-10-22-14/h4-10,12H,11H2,1-3H3,(H,17,19). The predicted octanol–water partition coefficient (Wildman–Crippen LogP) is 2.96. The van der Waals surface area contributed by atoms with E-state index in [1.807, 2.05) is 31.4 Å². The maximum atomic E-state index is 12.4. The second-order valence-corrected chi connectivity index (χ2v) is 8.47. The first-order chi connectivity index (χ1) is 10.8. The van der Waals surface area contributed by atoms with E-state index in [1.54, 1.807) is 19.2 Å². The number of nitrogens with zero attached hydrogens (tertiary/aromatic N) is 1. The Morgan fingerprint density at radius 2 is 1.87 bits per heavy atom. The van der Waals surface area contributed by atoms with Gasteiger partial charge in [-0.1, -0.05) is 6.07 Å². The molecule has 1 aromatic heterocycles. The molecule has 0 aliphatic carbocycles. The molecule has 0 saturated heterocycles. The van der Waals surface area contributed by atoms with Gasteiger partial charge in [-0.15, -0.1) is 11.3 Å². The molecule has 0 bridgehead atoms. The Hall–Kier alpha value is -1.70. The molecule has 1 aromatic carbocycles. The van der Waals surface area contributed by atoms with Gasteiger partial charge in [-0.2, -0.15) is 4.31 Å². The molecule has 2 rings (SSSR count). The lowest BCUT2D eigenvalue weighted by Crippen LogP contribution is -2.33. The third-order valence-corrected chi connectivity index (χ3v) is 6.38. The van der Waals surface area contributed by atoms with Gasteiger partial charge in [-0.3, -0.25) is 4.79 Å². The monoisotopic (exact) mass is 352 g/mol. The van der Waals surface area contributed by atoms with Crippen molar-refractivity contribution >= 4 is 33.0 Å². The number of hydrogen-bond donors (Lipinski definition) is 1. The third kappa shape index (κ3) is 4.40. The minimum Gasteiger partial charge on any atom is -0.326 e. The molecule has 23 heavy (non-hydrogen) atoms. The van der Waals surface area contributed by atoms with Crippen LogP contribution >= 0.6 is 11.3 Å². The molecule has 0 spiro atoms. The van der Waals surface area contributed by atoms with E-state index in [1.165, 1.54) is 27.8 Å². The SMILES string of the molecule is CC(C)N(C)S(=O)(=O)c1ccc(NC(=O)Cc2cccs2)cc1. The summed E-state index contributed by atoms with van der Waals surface area (Å²) >= 11 is 1.53. The number of rotatable bonds is 6. The second-order valence-electron chi connectivity index (χ2n) is 5.44. The van der Waals surface area contributed by atoms with E-state index in [0.717, 1.165) is 4.88 Å². The van der Waals surface area contributed by atoms with Gasteiger partial charge in [-0.05, 0) is 49.6 Å². The molecular formula is C16H20N2O3S2. The van der Waals surface area contributed by atoms with Crippen LogP contribution in [0.3, 0.4) is 0 Å². The fourth-order valence-corrected chi connectivity index (χ4v) is 4.00. The lowest BCUT2D eigenvalue weighted by molar-refractivity contribution is -0.115. The van der Waals surface area contributed by atoms with Gasteiger partial charge < -0.3 is 5.32 Å². The highest BCUT2D eigenvalue weighted by Crippen LogP contribution is 2.19. The van der Waals surface area contributed by atoms with Crippen LogP contribution in [0.5, 0.6) is 0 Å². The summed E-state index contributed by atoms with van der Waals surface area (Å²) in [5, 5.41) is 4.69. The first-order valence-electron chi connectivity index (χ1n) is 7.21. The van der Waals surface area contributed by atoms with E-state index in [2.05, 4.69) is 5.32 Å². The van der Waals surface area contributed by atoms with Crippen LogP contribution in [0, 0.1) is 0 Å². The average Bonchev–Trinajstić information content (AvgIpc) is 2.99. The van der Waals surface area contributed by atoms with Gasteiger partial charge >= 0.3 is 0 Å². The maximum absolute atomic E-state index is 12.4. The Labute approximate surface area is 141 Å². The highest BCUT2D eigenvalue weighted by Gasteiger charge is 2.22. The van der Waals surface area contributed by atoms with Crippen LogP contribution in [0.4, 0.5) is 5.69 Å². The van der Waals surface area contributed by atoms with Crippen molar-refractivity contribution < 1.29 is 13.2 Å². The van der Waals surface area contributed by atoms with Crippen LogP contribution in [-0.4, -0.2) is 31.7 Å². The molecule has 0 unspecified atom stereocenters. The summed E-state index contributed by atoms with van der Waals surface area (Å²) < 4.78 is 26.0. The Balaban J connectivity index is 2.06. The van der Waals surface area contributed by atoms with Crippen LogP contribution in [0.15, 0.2) is 46.7 Å². The normalized spacial score (nSPS) is 11.9. The summed E-state index contributed by atoms with van der Waals surface area (Å²) in [5.74, 6) is -0.123. The van der Waals surface area contributed by atoms with E-state index >= 15 is 0 Å². The molecular weight excluding hydrogens is 332 g/mol. The molecule has 5 nitrogen and oxygen atoms in total. The van der Waals surface area contributed by atoms with Gasteiger partial charge in [0.05, 0.1) is 11.3 Å². The van der Waals surface area contributed by atoms with Crippen molar-refractivity contribution in [3.63, 3.8) is 0 Å². The quantitative estimate of drug-likeness (QED) is 0.869. The molecule has 0 aliphatic heterocycles. The zero-order valence-corrected chi connectivity index (χ0v) is 14.9. The summed E-state index contributed by atoms with van der Waals surface area (Å²) in [4.78, 5) is 13.1. The fraction of sp³-hybridized carbons (Fsp3) is 0.312. The predicted molar refractivity (Wildman–Crippen MR) is 93.2 cm³/mol. The van der Waals surface area contributed by atoms with Crippen LogP contribution in [0.25, 0.3) is 0 Å². The largest absolute Gasteiger partial charge is 0.326 e. The van der Waals surface area contributed by atoms with Crippen LogP contribution in [0.2, 0.25) is 0 Å². The van der Waals surface area contributed by atoms with Crippen molar-refractivity contribution in [2.75, 3.05) is 12.4 Å². The first kappa shape index (κ1) is 17.7. The number of carbonyl (C=O) groups excluding carboxylic acids is 1. The van der Waals surface area contributed by atoms with Crippen LogP contribution < -0.4 is 5.32 Å². The lowest BCUT2D eigenvalue weighted by Gasteiger charge is -2.21. The summed E-state index contributed by atoms with van der Waals surface area (Å²) in [7, 11) is -1.95. The lowest BCUT2D eigenvalue weighted by atomic mass is 10.3. The van der Waals surface area contributed by atoms with Crippen molar-refractivity contribution in [1.29, 1.82) is 0 Å². The zero-order valence-electron chi connectivity index (χ0n) is 13.3. The molecule has 1 heterocycles. The highest BCUT2D eigenvalue weighted by molar-refractivity contribution is 7.89. The average molecular weight is 352 g/mol. The number of anilines is 1. The van der Waals surface area contributed by atoms with Gasteiger partial charge in [0.25, 0.3) is 0 Å². The number of nitrogens with one attached hydrogen (secondary N) is 1. The summed E-state index contributed by atoms with van der Waals surface area (Å²) in [6.45, 7) is 3.63. The highest BCUT2D eigenvalue weighted by atomic mass is 32.2. The minimum atomic E-state index is -3.50. The molecule has 0 fully saturated rings. The summed E-state index contributed by atoms with van der Waals surface area (Å²) in [5.41, 5.74) is 0.581. The molecule has 7 heteroatoms. The topological polar surface area (TPSA) is 66.5 Å². The van der Waals surface area contributed by atoms with Gasteiger partial charge in [0, 0.05) is 23.7 Å². The summed E-state index contributed by atoms with van der Waals surface area (Å²) in [6, 6.07) is 9.91. The smallest absolute Gasteiger partial charge is 0.243 e. The number of amides is 1. The van der Waals surface area contributed by atoms with Crippen molar-refractivity contribution in [3.05, 3.63) is 46.7 Å². The Bertz CT molecular complexity index is 751. The Morgan fingerprint density at radius 1 is 1.22 bits per heavy atom. The van der Waals surface area contributed by atoms with Crippen LogP contribution in [0.1, 0.15) is 18.7 Å². The molecule has 0 radical (unpaired) electrons. The fourth-order valence-electron chi connectivity index (χ4n) is 1.93. The van der Waals surface area contributed by atoms with Crippen LogP contribution in [-0.2, 0) is 21.2 Å². The Morgan fingerprint density at radius 3 is 2.39 bits per heavy atom. The molecule has 2 aromatic rings. The van der Waals surface area contributed by atoms with Crippen molar-refractivity contribution in [1.82, 2.24) is 4.31 Å². The van der Waals surface area contributed by atoms with Gasteiger partial charge in [0.1, 0.15) is 0 Å². The van der Waals surface area contributed by atoms with E-state index in [0.29, 0.717) is 12.1 Å². The zero-order chi connectivity index (χ0) is 17.0. The minimum absolute atomic E-state index is 0.120. The van der Waals surface area contributed by atoms with Gasteiger partial charge in [0.15, 0.2) is 0 Å². The first-order valence-corrected chi connectivity index (χ1v) is 9.53. The molecule has 1 N–H and O–H groups in total. The number of thiophene rings is 1. The van der Waals surface area contributed by atoms with E-state index in [-0.39, 0.29) is 16.8 Å². The number of hydrogen-bond acceptors (Lipinski definition) is 4. The van der Waals surface area contributed by atoms with Gasteiger partial charge in [0.2, 0.25) is 15.9 Å². The molecule has 0 aliphatic rings. The molecule has 0 saturated carbocycles. The number of benzene rings is 1. The third-order valence-electron chi connectivity index (χ3n) is 3.46. The Kier molecular flexibility index (Phi) is 5.56. The number of carbonyl (C=O) groups is 1. The van der Waals surface area contributed by atoms with Crippen molar-refractivity contribution in [2.24, 2.45) is 0 Å². The van der Waals surface area contributed by atoms with E-state index in [9.17, 15) is 13.2 Å².